The highest BCUT2D eigenvalue weighted by Gasteiger charge is 2.19. The van der Waals surface area contributed by atoms with E-state index in [4.69, 9.17) is 16.3 Å². The van der Waals surface area contributed by atoms with Gasteiger partial charge in [-0.1, -0.05) is 48.9 Å². The van der Waals surface area contributed by atoms with E-state index in [1.165, 1.54) is 0 Å². The molecule has 0 aliphatic rings. The Morgan fingerprint density at radius 2 is 1.91 bits per heavy atom. The molecule has 0 radical (unpaired) electrons. The van der Waals surface area contributed by atoms with Crippen LogP contribution in [0, 0.1) is 6.92 Å². The maximum Gasteiger partial charge on any atom is 0.261 e. The minimum absolute atomic E-state index is 0.0123. The van der Waals surface area contributed by atoms with Crippen LogP contribution in [0.4, 0.5) is 0 Å². The van der Waals surface area contributed by atoms with Gasteiger partial charge in [-0.05, 0) is 49.6 Å². The molecule has 0 aliphatic heterocycles. The van der Waals surface area contributed by atoms with Crippen LogP contribution in [0.3, 0.4) is 0 Å². The lowest BCUT2D eigenvalue weighted by atomic mass is 10.0. The van der Waals surface area contributed by atoms with Crippen molar-refractivity contribution in [2.75, 3.05) is 0 Å². The molecule has 0 spiro atoms. The summed E-state index contributed by atoms with van der Waals surface area (Å²) in [6, 6.07) is 15.3. The lowest BCUT2D eigenvalue weighted by Gasteiger charge is -2.21. The molecule has 2 aromatic carbocycles. The summed E-state index contributed by atoms with van der Waals surface area (Å²) in [5, 5.41) is 3.72. The lowest BCUT2D eigenvalue weighted by molar-refractivity contribution is -0.128. The van der Waals surface area contributed by atoms with Crippen molar-refractivity contribution in [3.8, 4) is 5.75 Å². The predicted octanol–water partition coefficient (Wildman–Crippen LogP) is 4.68. The third-order valence-corrected chi connectivity index (χ3v) is 4.16. The Labute approximate surface area is 142 Å². The largest absolute Gasteiger partial charge is 0.481 e. The summed E-state index contributed by atoms with van der Waals surface area (Å²) in [4.78, 5) is 12.4. The Morgan fingerprint density at radius 1 is 1.22 bits per heavy atom. The third-order valence-electron chi connectivity index (χ3n) is 3.74. The van der Waals surface area contributed by atoms with Gasteiger partial charge in [-0.2, -0.15) is 0 Å². The van der Waals surface area contributed by atoms with E-state index >= 15 is 0 Å². The van der Waals surface area contributed by atoms with Gasteiger partial charge in [0.1, 0.15) is 5.75 Å². The van der Waals surface area contributed by atoms with Crippen LogP contribution in [0.25, 0.3) is 0 Å². The van der Waals surface area contributed by atoms with E-state index in [-0.39, 0.29) is 11.9 Å². The van der Waals surface area contributed by atoms with Gasteiger partial charge >= 0.3 is 0 Å². The van der Waals surface area contributed by atoms with Crippen LogP contribution >= 0.6 is 11.6 Å². The molecule has 0 saturated carbocycles. The number of carbonyl (C=O) groups excluding carboxylic acids is 1. The quantitative estimate of drug-likeness (QED) is 0.834. The Balaban J connectivity index is 2.00. The SMILES string of the molecule is CCC(NC(=O)C(C)Oc1ccc(Cl)c(C)c1)c1ccccc1. The zero-order valence-corrected chi connectivity index (χ0v) is 14.4. The number of carbonyl (C=O) groups is 1. The van der Waals surface area contributed by atoms with Crippen molar-refractivity contribution in [3.05, 3.63) is 64.7 Å². The maximum absolute atomic E-state index is 12.4. The molecule has 0 saturated heterocycles. The summed E-state index contributed by atoms with van der Waals surface area (Å²) in [7, 11) is 0. The first-order valence-corrected chi connectivity index (χ1v) is 8.17. The Kier molecular flexibility index (Phi) is 6.05. The summed E-state index contributed by atoms with van der Waals surface area (Å²) < 4.78 is 5.72. The number of rotatable bonds is 6. The van der Waals surface area contributed by atoms with Crippen LogP contribution < -0.4 is 10.1 Å². The standard InChI is InChI=1S/C19H22ClNO2/c1-4-18(15-8-6-5-7-9-15)21-19(22)14(3)23-16-10-11-17(20)13(2)12-16/h5-12,14,18H,4H2,1-3H3,(H,21,22). The lowest BCUT2D eigenvalue weighted by Crippen LogP contribution is -2.38. The molecular formula is C19H22ClNO2. The maximum atomic E-state index is 12.4. The summed E-state index contributed by atoms with van der Waals surface area (Å²) in [5.41, 5.74) is 2.02. The van der Waals surface area contributed by atoms with E-state index in [0.717, 1.165) is 17.5 Å². The molecule has 2 unspecified atom stereocenters. The van der Waals surface area contributed by atoms with E-state index in [1.807, 2.05) is 50.2 Å². The molecule has 1 amide bonds. The molecule has 0 heterocycles. The number of halogens is 1. The Hall–Kier alpha value is -2.00. The van der Waals surface area contributed by atoms with Gasteiger partial charge in [-0.25, -0.2) is 0 Å². The number of amides is 1. The van der Waals surface area contributed by atoms with E-state index in [2.05, 4.69) is 5.32 Å². The van der Waals surface area contributed by atoms with Crippen LogP contribution in [-0.4, -0.2) is 12.0 Å². The second-order valence-electron chi connectivity index (χ2n) is 5.55. The molecule has 0 bridgehead atoms. The molecule has 0 fully saturated rings. The summed E-state index contributed by atoms with van der Waals surface area (Å²) in [5.74, 6) is 0.510. The van der Waals surface area contributed by atoms with Crippen molar-refractivity contribution in [1.29, 1.82) is 0 Å². The molecule has 2 rings (SSSR count). The molecular weight excluding hydrogens is 310 g/mol. The molecule has 1 N–H and O–H groups in total. The van der Waals surface area contributed by atoms with E-state index < -0.39 is 6.10 Å². The fourth-order valence-electron chi connectivity index (χ4n) is 2.34. The zero-order valence-electron chi connectivity index (χ0n) is 13.7. The van der Waals surface area contributed by atoms with E-state index in [0.29, 0.717) is 10.8 Å². The molecule has 3 nitrogen and oxygen atoms in total. The van der Waals surface area contributed by atoms with Gasteiger partial charge in [-0.3, -0.25) is 4.79 Å². The Morgan fingerprint density at radius 3 is 2.52 bits per heavy atom. The number of hydrogen-bond donors (Lipinski definition) is 1. The van der Waals surface area contributed by atoms with Gasteiger partial charge in [0.25, 0.3) is 5.91 Å². The first kappa shape index (κ1) is 17.4. The van der Waals surface area contributed by atoms with E-state index in [9.17, 15) is 4.79 Å². The van der Waals surface area contributed by atoms with Gasteiger partial charge in [0, 0.05) is 5.02 Å². The van der Waals surface area contributed by atoms with Gasteiger partial charge in [0.05, 0.1) is 6.04 Å². The van der Waals surface area contributed by atoms with Crippen LogP contribution in [-0.2, 0) is 4.79 Å². The smallest absolute Gasteiger partial charge is 0.261 e. The topological polar surface area (TPSA) is 38.3 Å². The van der Waals surface area contributed by atoms with Crippen molar-refractivity contribution in [2.24, 2.45) is 0 Å². The highest BCUT2D eigenvalue weighted by molar-refractivity contribution is 6.31. The molecule has 0 aliphatic carbocycles. The number of ether oxygens (including phenoxy) is 1. The number of hydrogen-bond acceptors (Lipinski definition) is 2. The molecule has 23 heavy (non-hydrogen) atoms. The fourth-order valence-corrected chi connectivity index (χ4v) is 2.46. The van der Waals surface area contributed by atoms with Crippen LogP contribution in [0.5, 0.6) is 5.75 Å². The first-order chi connectivity index (χ1) is 11.0. The van der Waals surface area contributed by atoms with Crippen molar-refractivity contribution in [3.63, 3.8) is 0 Å². The van der Waals surface area contributed by atoms with Crippen molar-refractivity contribution in [1.82, 2.24) is 5.32 Å². The normalized spacial score (nSPS) is 13.2. The predicted molar refractivity (Wildman–Crippen MR) is 93.9 cm³/mol. The summed E-state index contributed by atoms with van der Waals surface area (Å²) >= 11 is 6.00. The van der Waals surface area contributed by atoms with Crippen molar-refractivity contribution in [2.45, 2.75) is 39.3 Å². The van der Waals surface area contributed by atoms with Gasteiger partial charge in [-0.15, -0.1) is 0 Å². The highest BCUT2D eigenvalue weighted by Crippen LogP contribution is 2.22. The minimum atomic E-state index is -0.576. The monoisotopic (exact) mass is 331 g/mol. The minimum Gasteiger partial charge on any atom is -0.481 e. The number of benzene rings is 2. The zero-order chi connectivity index (χ0) is 16.8. The molecule has 2 aromatic rings. The van der Waals surface area contributed by atoms with Gasteiger partial charge in [0.15, 0.2) is 6.10 Å². The second-order valence-corrected chi connectivity index (χ2v) is 5.96. The Bertz CT molecular complexity index is 658. The van der Waals surface area contributed by atoms with Gasteiger partial charge in [0.2, 0.25) is 0 Å². The average molecular weight is 332 g/mol. The fraction of sp³-hybridized carbons (Fsp3) is 0.316. The molecule has 2 atom stereocenters. The third kappa shape index (κ3) is 4.73. The molecule has 4 heteroatoms. The molecule has 0 aromatic heterocycles. The first-order valence-electron chi connectivity index (χ1n) is 7.79. The summed E-state index contributed by atoms with van der Waals surface area (Å²) in [6.07, 6.45) is 0.246. The van der Waals surface area contributed by atoms with Crippen molar-refractivity contribution < 1.29 is 9.53 Å². The number of nitrogens with one attached hydrogen (secondary N) is 1. The summed E-state index contributed by atoms with van der Waals surface area (Å²) in [6.45, 7) is 5.70. The highest BCUT2D eigenvalue weighted by atomic mass is 35.5. The second kappa shape index (κ2) is 8.02. The number of aryl methyl sites for hydroxylation is 1. The molecule has 122 valence electrons. The van der Waals surface area contributed by atoms with Crippen LogP contribution in [0.2, 0.25) is 5.02 Å². The van der Waals surface area contributed by atoms with Crippen LogP contribution in [0.1, 0.15) is 37.4 Å². The van der Waals surface area contributed by atoms with E-state index in [1.54, 1.807) is 19.1 Å². The van der Waals surface area contributed by atoms with Crippen LogP contribution in [0.15, 0.2) is 48.5 Å². The van der Waals surface area contributed by atoms with Crippen molar-refractivity contribution >= 4 is 17.5 Å². The average Bonchev–Trinajstić information content (AvgIpc) is 2.56. The van der Waals surface area contributed by atoms with Gasteiger partial charge < -0.3 is 10.1 Å².